The lowest BCUT2D eigenvalue weighted by atomic mass is 10.1. The number of carbonyl (C=O) groups excluding carboxylic acids is 1. The lowest BCUT2D eigenvalue weighted by Crippen LogP contribution is -2.00. The maximum atomic E-state index is 12.0. The Morgan fingerprint density at radius 2 is 2.08 bits per heavy atom. The van der Waals surface area contributed by atoms with Crippen LogP contribution in [0.2, 0.25) is 0 Å². The highest BCUT2D eigenvalue weighted by atomic mass is 32.1. The highest BCUT2D eigenvalue weighted by Crippen LogP contribution is 2.31. The summed E-state index contributed by atoms with van der Waals surface area (Å²) >= 11 is 1.19. The minimum atomic E-state index is -0.426. The summed E-state index contributed by atoms with van der Waals surface area (Å²) in [7, 11) is 1.35. The first kappa shape index (κ1) is 15.9. The summed E-state index contributed by atoms with van der Waals surface area (Å²) in [5.74, 6) is 1.02. The molecule has 0 spiro atoms. The van der Waals surface area contributed by atoms with Gasteiger partial charge in [0.15, 0.2) is 0 Å². The van der Waals surface area contributed by atoms with E-state index in [1.165, 1.54) is 18.4 Å². The first-order valence-electron chi connectivity index (χ1n) is 7.17. The van der Waals surface area contributed by atoms with Gasteiger partial charge < -0.3 is 9.15 Å². The Balaban J connectivity index is 1.85. The van der Waals surface area contributed by atoms with Gasteiger partial charge in [0.25, 0.3) is 0 Å². The molecule has 2 aromatic heterocycles. The van der Waals surface area contributed by atoms with Crippen LogP contribution in [0.15, 0.2) is 52.0 Å². The molecule has 0 bridgehead atoms. The van der Waals surface area contributed by atoms with Crippen molar-refractivity contribution in [2.45, 2.75) is 6.92 Å². The standard InChI is InChI=1S/C17H15N3O3S/c1-11-8-9-13(23-11)10-18-20-17-19-14(12-6-4-3-5-7-12)15(24-17)16(21)22-2/h3-10H,1-2H3,(H,19,20)/b18-10-. The molecule has 6 nitrogen and oxygen atoms in total. The lowest BCUT2D eigenvalue weighted by molar-refractivity contribution is 0.0607. The van der Waals surface area contributed by atoms with Crippen LogP contribution in [0.1, 0.15) is 21.2 Å². The summed E-state index contributed by atoms with van der Waals surface area (Å²) in [5, 5.41) is 4.58. The third-order valence-electron chi connectivity index (χ3n) is 3.16. The van der Waals surface area contributed by atoms with E-state index >= 15 is 0 Å². The number of carbonyl (C=O) groups is 1. The highest BCUT2D eigenvalue weighted by Gasteiger charge is 2.19. The monoisotopic (exact) mass is 341 g/mol. The number of aryl methyl sites for hydroxylation is 1. The maximum Gasteiger partial charge on any atom is 0.350 e. The predicted octanol–water partition coefficient (Wildman–Crippen LogP) is 3.94. The summed E-state index contributed by atoms with van der Waals surface area (Å²) in [6.45, 7) is 1.86. The topological polar surface area (TPSA) is 76.7 Å². The highest BCUT2D eigenvalue weighted by molar-refractivity contribution is 7.17. The van der Waals surface area contributed by atoms with E-state index in [4.69, 9.17) is 9.15 Å². The van der Waals surface area contributed by atoms with E-state index in [1.807, 2.05) is 49.4 Å². The summed E-state index contributed by atoms with van der Waals surface area (Å²) in [6, 6.07) is 13.1. The molecule has 0 saturated heterocycles. The van der Waals surface area contributed by atoms with Gasteiger partial charge in [-0.2, -0.15) is 5.10 Å². The quantitative estimate of drug-likeness (QED) is 0.432. The minimum absolute atomic E-state index is 0.426. The molecular weight excluding hydrogens is 326 g/mol. The summed E-state index contributed by atoms with van der Waals surface area (Å²) in [5.41, 5.74) is 4.23. The molecule has 0 radical (unpaired) electrons. The third-order valence-corrected chi connectivity index (χ3v) is 4.10. The van der Waals surface area contributed by atoms with E-state index in [1.54, 1.807) is 6.21 Å². The maximum absolute atomic E-state index is 12.0. The number of hydrogen-bond acceptors (Lipinski definition) is 7. The molecular formula is C17H15N3O3S. The summed E-state index contributed by atoms with van der Waals surface area (Å²) < 4.78 is 10.2. The molecule has 24 heavy (non-hydrogen) atoms. The van der Waals surface area contributed by atoms with E-state index in [9.17, 15) is 4.79 Å². The predicted molar refractivity (Wildman–Crippen MR) is 93.6 cm³/mol. The van der Waals surface area contributed by atoms with Crippen LogP contribution in [0, 0.1) is 6.92 Å². The van der Waals surface area contributed by atoms with Crippen LogP contribution in [0.4, 0.5) is 5.13 Å². The summed E-state index contributed by atoms with van der Waals surface area (Å²) in [4.78, 5) is 16.9. The number of furan rings is 1. The van der Waals surface area contributed by atoms with Crippen molar-refractivity contribution in [2.24, 2.45) is 5.10 Å². The smallest absolute Gasteiger partial charge is 0.350 e. The van der Waals surface area contributed by atoms with Crippen molar-refractivity contribution in [1.29, 1.82) is 0 Å². The Hall–Kier alpha value is -2.93. The molecule has 3 rings (SSSR count). The van der Waals surface area contributed by atoms with E-state index in [0.717, 1.165) is 11.3 Å². The van der Waals surface area contributed by atoms with E-state index in [2.05, 4.69) is 15.5 Å². The van der Waals surface area contributed by atoms with Gasteiger partial charge in [-0.15, -0.1) is 0 Å². The zero-order valence-corrected chi connectivity index (χ0v) is 14.0. The second-order valence-electron chi connectivity index (χ2n) is 4.87. The van der Waals surface area contributed by atoms with Crippen LogP contribution in [0.25, 0.3) is 11.3 Å². The number of nitrogens with zero attached hydrogens (tertiary/aromatic N) is 2. The fourth-order valence-corrected chi connectivity index (χ4v) is 2.92. The molecule has 0 aliphatic heterocycles. The SMILES string of the molecule is COC(=O)c1sc(N/N=C\c2ccc(C)o2)nc1-c1ccccc1. The molecule has 0 fully saturated rings. The van der Waals surface area contributed by atoms with Gasteiger partial charge in [0, 0.05) is 5.56 Å². The molecule has 1 aromatic carbocycles. The molecule has 3 aromatic rings. The van der Waals surface area contributed by atoms with Crippen LogP contribution >= 0.6 is 11.3 Å². The van der Waals surface area contributed by atoms with Crippen molar-refractivity contribution in [3.05, 3.63) is 58.9 Å². The van der Waals surface area contributed by atoms with Crippen molar-refractivity contribution in [3.63, 3.8) is 0 Å². The first-order chi connectivity index (χ1) is 11.7. The second kappa shape index (κ2) is 7.10. The van der Waals surface area contributed by atoms with E-state index in [-0.39, 0.29) is 0 Å². The minimum Gasteiger partial charge on any atom is -0.465 e. The number of benzene rings is 1. The van der Waals surface area contributed by atoms with Gasteiger partial charge in [-0.05, 0) is 19.1 Å². The van der Waals surface area contributed by atoms with Gasteiger partial charge in [0.05, 0.1) is 19.0 Å². The molecule has 1 N–H and O–H groups in total. The van der Waals surface area contributed by atoms with E-state index < -0.39 is 5.97 Å². The third kappa shape index (κ3) is 3.52. The number of nitrogens with one attached hydrogen (secondary N) is 1. The number of esters is 1. The number of hydrazone groups is 1. The molecule has 0 amide bonds. The zero-order chi connectivity index (χ0) is 16.9. The van der Waals surface area contributed by atoms with Crippen molar-refractivity contribution in [2.75, 3.05) is 12.5 Å². The fraction of sp³-hybridized carbons (Fsp3) is 0.118. The van der Waals surface area contributed by atoms with Crippen molar-refractivity contribution in [1.82, 2.24) is 4.98 Å². The Labute approximate surface area is 142 Å². The van der Waals surface area contributed by atoms with Gasteiger partial charge in [0.1, 0.15) is 16.4 Å². The zero-order valence-electron chi connectivity index (χ0n) is 13.1. The van der Waals surface area contributed by atoms with Gasteiger partial charge in [-0.25, -0.2) is 9.78 Å². The van der Waals surface area contributed by atoms with Crippen LogP contribution in [-0.4, -0.2) is 24.3 Å². The molecule has 0 aliphatic carbocycles. The number of ether oxygens (including phenoxy) is 1. The average Bonchev–Trinajstić information content (AvgIpc) is 3.21. The Morgan fingerprint density at radius 3 is 2.75 bits per heavy atom. The Bertz CT molecular complexity index is 868. The van der Waals surface area contributed by atoms with Crippen molar-refractivity contribution < 1.29 is 13.9 Å². The van der Waals surface area contributed by atoms with Crippen LogP contribution in [-0.2, 0) is 4.74 Å². The summed E-state index contributed by atoms with van der Waals surface area (Å²) in [6.07, 6.45) is 1.55. The van der Waals surface area contributed by atoms with Crippen LogP contribution < -0.4 is 5.43 Å². The molecule has 0 atom stereocenters. The number of rotatable bonds is 5. The molecule has 122 valence electrons. The van der Waals surface area contributed by atoms with Crippen LogP contribution in [0.5, 0.6) is 0 Å². The lowest BCUT2D eigenvalue weighted by Gasteiger charge is -1.99. The first-order valence-corrected chi connectivity index (χ1v) is 7.99. The van der Waals surface area contributed by atoms with Crippen LogP contribution in [0.3, 0.4) is 0 Å². The number of anilines is 1. The largest absolute Gasteiger partial charge is 0.465 e. The Morgan fingerprint density at radius 1 is 1.29 bits per heavy atom. The van der Waals surface area contributed by atoms with Crippen molar-refractivity contribution in [3.8, 4) is 11.3 Å². The Kier molecular flexibility index (Phi) is 4.72. The second-order valence-corrected chi connectivity index (χ2v) is 5.87. The van der Waals surface area contributed by atoms with Gasteiger partial charge in [-0.3, -0.25) is 5.43 Å². The van der Waals surface area contributed by atoms with E-state index in [0.29, 0.717) is 21.5 Å². The average molecular weight is 341 g/mol. The molecule has 0 aliphatic rings. The number of hydrogen-bond donors (Lipinski definition) is 1. The fourth-order valence-electron chi connectivity index (χ4n) is 2.06. The van der Waals surface area contributed by atoms with Crippen molar-refractivity contribution >= 4 is 28.7 Å². The molecule has 2 heterocycles. The van der Waals surface area contributed by atoms with Gasteiger partial charge in [-0.1, -0.05) is 41.7 Å². The molecule has 0 unspecified atom stereocenters. The number of thiazole rings is 1. The van der Waals surface area contributed by atoms with Gasteiger partial charge >= 0.3 is 5.97 Å². The normalized spacial score (nSPS) is 10.9. The number of aromatic nitrogens is 1. The van der Waals surface area contributed by atoms with Gasteiger partial charge in [0.2, 0.25) is 5.13 Å². The number of methoxy groups -OCH3 is 1. The molecule has 0 saturated carbocycles. The molecule has 7 heteroatoms.